The van der Waals surface area contributed by atoms with E-state index in [9.17, 15) is 0 Å². The van der Waals surface area contributed by atoms with E-state index in [0.717, 1.165) is 24.0 Å². The normalized spacial score (nSPS) is 14.9. The highest BCUT2D eigenvalue weighted by Crippen LogP contribution is 2.53. The van der Waals surface area contributed by atoms with Crippen molar-refractivity contribution in [1.29, 1.82) is 0 Å². The molecule has 2 aromatic carbocycles. The zero-order valence-electron chi connectivity index (χ0n) is 14.9. The third-order valence-electron chi connectivity index (χ3n) is 4.92. The lowest BCUT2D eigenvalue weighted by molar-refractivity contribution is 0.0174. The third kappa shape index (κ3) is 3.88. The number of pyridine rings is 1. The van der Waals surface area contributed by atoms with E-state index >= 15 is 0 Å². The van der Waals surface area contributed by atoms with Crippen molar-refractivity contribution >= 4 is 35.0 Å². The van der Waals surface area contributed by atoms with Crippen LogP contribution >= 0.6 is 35.0 Å². The SMILES string of the molecule is CSc1ccccc1-c1ccncc1C1(OCc2cc(Cl)ccc2Cl)CC1. The zero-order valence-corrected chi connectivity index (χ0v) is 17.2. The smallest absolute Gasteiger partial charge is 0.0959 e. The summed E-state index contributed by atoms with van der Waals surface area (Å²) in [5.74, 6) is 0. The van der Waals surface area contributed by atoms with Gasteiger partial charge in [-0.2, -0.15) is 0 Å². The zero-order chi connectivity index (χ0) is 18.9. The van der Waals surface area contributed by atoms with Crippen LogP contribution in [-0.2, 0) is 16.9 Å². The van der Waals surface area contributed by atoms with Gasteiger partial charge in [0.05, 0.1) is 12.2 Å². The molecule has 3 aromatic rings. The molecule has 1 heterocycles. The lowest BCUT2D eigenvalue weighted by Crippen LogP contribution is -2.14. The first-order valence-electron chi connectivity index (χ1n) is 8.79. The molecule has 0 bridgehead atoms. The summed E-state index contributed by atoms with van der Waals surface area (Å²) in [5, 5.41) is 1.34. The molecule has 0 radical (unpaired) electrons. The minimum atomic E-state index is -0.305. The topological polar surface area (TPSA) is 22.1 Å². The lowest BCUT2D eigenvalue weighted by Gasteiger charge is -2.21. The van der Waals surface area contributed by atoms with Gasteiger partial charge in [0.15, 0.2) is 0 Å². The second kappa shape index (κ2) is 7.84. The highest BCUT2D eigenvalue weighted by Gasteiger charge is 2.47. The van der Waals surface area contributed by atoms with E-state index in [1.54, 1.807) is 17.8 Å². The third-order valence-corrected chi connectivity index (χ3v) is 6.32. The van der Waals surface area contributed by atoms with Crippen molar-refractivity contribution < 1.29 is 4.74 Å². The summed E-state index contributed by atoms with van der Waals surface area (Å²) in [6.07, 6.45) is 7.85. The van der Waals surface area contributed by atoms with Crippen molar-refractivity contribution in [2.75, 3.05) is 6.26 Å². The molecule has 0 N–H and O–H groups in total. The van der Waals surface area contributed by atoms with Crippen molar-refractivity contribution in [1.82, 2.24) is 4.98 Å². The maximum atomic E-state index is 6.39. The Bertz CT molecular complexity index is 972. The van der Waals surface area contributed by atoms with E-state index in [1.807, 2.05) is 24.5 Å². The van der Waals surface area contributed by atoms with Gasteiger partial charge in [0.2, 0.25) is 0 Å². The van der Waals surface area contributed by atoms with Crippen molar-refractivity contribution in [3.05, 3.63) is 82.1 Å². The quantitative estimate of drug-likeness (QED) is 0.405. The molecule has 1 aromatic heterocycles. The summed E-state index contributed by atoms with van der Waals surface area (Å²) in [4.78, 5) is 5.63. The molecular weight excluding hydrogens is 397 g/mol. The number of benzene rings is 2. The van der Waals surface area contributed by atoms with E-state index in [0.29, 0.717) is 16.7 Å². The van der Waals surface area contributed by atoms with E-state index in [-0.39, 0.29) is 5.60 Å². The van der Waals surface area contributed by atoms with Crippen LogP contribution in [0.25, 0.3) is 11.1 Å². The van der Waals surface area contributed by atoms with Crippen LogP contribution < -0.4 is 0 Å². The molecule has 1 aliphatic rings. The maximum Gasteiger partial charge on any atom is 0.0959 e. The van der Waals surface area contributed by atoms with Gasteiger partial charge in [0.25, 0.3) is 0 Å². The number of rotatable bonds is 6. The van der Waals surface area contributed by atoms with Crippen molar-refractivity contribution in [3.8, 4) is 11.1 Å². The number of nitrogens with zero attached hydrogens (tertiary/aromatic N) is 1. The van der Waals surface area contributed by atoms with Gasteiger partial charge >= 0.3 is 0 Å². The van der Waals surface area contributed by atoms with Crippen LogP contribution in [0.15, 0.2) is 65.8 Å². The monoisotopic (exact) mass is 415 g/mol. The molecule has 4 rings (SSSR count). The summed E-state index contributed by atoms with van der Waals surface area (Å²) >= 11 is 14.2. The van der Waals surface area contributed by atoms with Crippen LogP contribution in [0.2, 0.25) is 10.0 Å². The Morgan fingerprint density at radius 1 is 1.07 bits per heavy atom. The molecule has 1 fully saturated rings. The predicted octanol–water partition coefficient (Wildman–Crippen LogP) is 6.98. The number of hydrogen-bond donors (Lipinski definition) is 0. The Kier molecular flexibility index (Phi) is 5.47. The first kappa shape index (κ1) is 18.8. The van der Waals surface area contributed by atoms with Gasteiger partial charge in [-0.3, -0.25) is 4.98 Å². The van der Waals surface area contributed by atoms with Crippen molar-refractivity contribution in [2.45, 2.75) is 29.9 Å². The van der Waals surface area contributed by atoms with Gasteiger partial charge in [-0.15, -0.1) is 11.8 Å². The Balaban J connectivity index is 1.66. The lowest BCUT2D eigenvalue weighted by atomic mass is 9.97. The Labute approximate surface area is 173 Å². The second-order valence-corrected chi connectivity index (χ2v) is 8.33. The molecule has 27 heavy (non-hydrogen) atoms. The Morgan fingerprint density at radius 2 is 1.89 bits per heavy atom. The molecule has 138 valence electrons. The number of ether oxygens (including phenoxy) is 1. The number of hydrogen-bond acceptors (Lipinski definition) is 3. The minimum Gasteiger partial charge on any atom is -0.365 e. The fourth-order valence-corrected chi connectivity index (χ4v) is 4.31. The van der Waals surface area contributed by atoms with Crippen LogP contribution in [-0.4, -0.2) is 11.2 Å². The number of thioether (sulfide) groups is 1. The molecule has 5 heteroatoms. The summed E-state index contributed by atoms with van der Waals surface area (Å²) in [5.41, 5.74) is 4.15. The van der Waals surface area contributed by atoms with Crippen molar-refractivity contribution in [2.24, 2.45) is 0 Å². The molecule has 0 amide bonds. The van der Waals surface area contributed by atoms with E-state index in [2.05, 4.69) is 41.6 Å². The number of aromatic nitrogens is 1. The molecule has 0 spiro atoms. The van der Waals surface area contributed by atoms with Crippen LogP contribution in [0, 0.1) is 0 Å². The van der Waals surface area contributed by atoms with Gasteiger partial charge in [-0.25, -0.2) is 0 Å². The van der Waals surface area contributed by atoms with Crippen LogP contribution in [0.3, 0.4) is 0 Å². The largest absolute Gasteiger partial charge is 0.365 e. The molecule has 2 nitrogen and oxygen atoms in total. The van der Waals surface area contributed by atoms with Crippen molar-refractivity contribution in [3.63, 3.8) is 0 Å². The molecule has 1 saturated carbocycles. The first-order valence-corrected chi connectivity index (χ1v) is 10.8. The summed E-state index contributed by atoms with van der Waals surface area (Å²) < 4.78 is 6.39. The van der Waals surface area contributed by atoms with Gasteiger partial charge in [-0.05, 0) is 66.1 Å². The highest BCUT2D eigenvalue weighted by molar-refractivity contribution is 7.98. The van der Waals surface area contributed by atoms with Gasteiger partial charge < -0.3 is 4.74 Å². The van der Waals surface area contributed by atoms with Gasteiger partial charge in [-0.1, -0.05) is 41.4 Å². The highest BCUT2D eigenvalue weighted by atomic mass is 35.5. The fraction of sp³-hybridized carbons (Fsp3) is 0.227. The fourth-order valence-electron chi connectivity index (χ4n) is 3.33. The maximum absolute atomic E-state index is 6.39. The van der Waals surface area contributed by atoms with Crippen LogP contribution in [0.4, 0.5) is 0 Å². The predicted molar refractivity (Wildman–Crippen MR) is 114 cm³/mol. The summed E-state index contributed by atoms with van der Waals surface area (Å²) in [6, 6.07) is 16.0. The second-order valence-electron chi connectivity index (χ2n) is 6.64. The standard InChI is InChI=1S/C22H19Cl2NOS/c1-27-21-5-3-2-4-18(21)17-8-11-25-13-19(17)22(9-10-22)26-14-15-12-16(23)6-7-20(15)24/h2-8,11-13H,9-10,14H2,1H3. The molecule has 0 aliphatic heterocycles. The van der Waals surface area contributed by atoms with Crippen LogP contribution in [0.1, 0.15) is 24.0 Å². The van der Waals surface area contributed by atoms with E-state index in [1.165, 1.54) is 16.0 Å². The van der Waals surface area contributed by atoms with Gasteiger partial charge in [0.1, 0.15) is 0 Å². The molecule has 0 saturated heterocycles. The van der Waals surface area contributed by atoms with E-state index in [4.69, 9.17) is 27.9 Å². The average molecular weight is 416 g/mol. The Hall–Kier alpha value is -1.52. The number of halogens is 2. The summed E-state index contributed by atoms with van der Waals surface area (Å²) in [6.45, 7) is 0.428. The molecule has 1 aliphatic carbocycles. The van der Waals surface area contributed by atoms with E-state index < -0.39 is 0 Å². The first-order chi connectivity index (χ1) is 13.1. The molecular formula is C22H19Cl2NOS. The van der Waals surface area contributed by atoms with Gasteiger partial charge in [0, 0.05) is 32.9 Å². The average Bonchev–Trinajstić information content (AvgIpc) is 3.50. The molecule has 0 atom stereocenters. The summed E-state index contributed by atoms with van der Waals surface area (Å²) in [7, 11) is 0. The molecule has 0 unspecified atom stereocenters. The Morgan fingerprint density at radius 3 is 2.67 bits per heavy atom. The van der Waals surface area contributed by atoms with Crippen LogP contribution in [0.5, 0.6) is 0 Å². The minimum absolute atomic E-state index is 0.305.